The quantitative estimate of drug-likeness (QED) is 0.870. The maximum atomic E-state index is 12.0. The average molecular weight is 321 g/mol. The minimum absolute atomic E-state index is 0.124. The molecule has 0 saturated carbocycles. The molecule has 0 amide bonds. The van der Waals surface area contributed by atoms with E-state index in [-0.39, 0.29) is 5.78 Å². The molecule has 100 valence electrons. The van der Waals surface area contributed by atoms with E-state index in [0.717, 1.165) is 28.6 Å². The number of ketones is 1. The van der Waals surface area contributed by atoms with Crippen LogP contribution in [-0.4, -0.2) is 18.5 Å². The molecule has 1 aliphatic carbocycles. The summed E-state index contributed by atoms with van der Waals surface area (Å²) in [6, 6.07) is 8.02. The molecule has 2 rings (SSSR count). The van der Waals surface area contributed by atoms with E-state index < -0.39 is 0 Å². The zero-order valence-corrected chi connectivity index (χ0v) is 12.5. The van der Waals surface area contributed by atoms with Crippen LogP contribution in [0.3, 0.4) is 0 Å². The molecule has 0 atom stereocenters. The van der Waals surface area contributed by atoms with Crippen LogP contribution in [0.5, 0.6) is 0 Å². The molecule has 0 aliphatic heterocycles. The van der Waals surface area contributed by atoms with Crippen LogP contribution >= 0.6 is 15.9 Å². The molecule has 1 aromatic rings. The number of rotatable bonds is 3. The second kappa shape index (κ2) is 6.15. The molecule has 0 spiro atoms. The molecule has 0 fully saturated rings. The van der Waals surface area contributed by atoms with Crippen molar-refractivity contribution in [3.63, 3.8) is 0 Å². The first-order valence-electron chi connectivity index (χ1n) is 6.34. The predicted molar refractivity (Wildman–Crippen MR) is 81.3 cm³/mol. The van der Waals surface area contributed by atoms with E-state index >= 15 is 0 Å². The van der Waals surface area contributed by atoms with Crippen molar-refractivity contribution in [3.8, 4) is 0 Å². The predicted octanol–water partition coefficient (Wildman–Crippen LogP) is 3.03. The number of nitrogens with two attached hydrogens (primary N) is 1. The minimum atomic E-state index is 0.124. The van der Waals surface area contributed by atoms with Crippen LogP contribution < -0.4 is 5.73 Å². The first kappa shape index (κ1) is 14.0. The Morgan fingerprint density at radius 2 is 2.21 bits per heavy atom. The summed E-state index contributed by atoms with van der Waals surface area (Å²) in [6.07, 6.45) is 2.85. The minimum Gasteiger partial charge on any atom is -0.401 e. The van der Waals surface area contributed by atoms with Crippen molar-refractivity contribution in [3.05, 3.63) is 45.6 Å². The molecule has 0 radical (unpaired) electrons. The van der Waals surface area contributed by atoms with E-state index in [9.17, 15) is 4.79 Å². The van der Waals surface area contributed by atoms with Crippen molar-refractivity contribution in [2.75, 3.05) is 7.05 Å². The number of aliphatic imine (C=N–C) groups is 1. The lowest BCUT2D eigenvalue weighted by atomic mass is 9.89. The summed E-state index contributed by atoms with van der Waals surface area (Å²) < 4.78 is 1.03. The maximum absolute atomic E-state index is 12.0. The van der Waals surface area contributed by atoms with Crippen LogP contribution in [0.2, 0.25) is 0 Å². The van der Waals surface area contributed by atoms with E-state index in [0.29, 0.717) is 24.1 Å². The summed E-state index contributed by atoms with van der Waals surface area (Å²) in [5.74, 6) is 0.124. The van der Waals surface area contributed by atoms with Gasteiger partial charge in [0.2, 0.25) is 0 Å². The Hall–Kier alpha value is -1.42. The van der Waals surface area contributed by atoms with E-state index in [1.54, 1.807) is 7.05 Å². The molecule has 0 aromatic heterocycles. The number of carbonyl (C=O) groups excluding carboxylic acids is 1. The van der Waals surface area contributed by atoms with Gasteiger partial charge in [0.25, 0.3) is 0 Å². The molecule has 0 heterocycles. The van der Waals surface area contributed by atoms with E-state index in [2.05, 4.69) is 20.9 Å². The Bertz CT molecular complexity index is 561. The van der Waals surface area contributed by atoms with Crippen LogP contribution in [0.4, 0.5) is 0 Å². The van der Waals surface area contributed by atoms with E-state index in [1.807, 2.05) is 24.3 Å². The highest BCUT2D eigenvalue weighted by molar-refractivity contribution is 9.10. The Labute approximate surface area is 121 Å². The molecule has 2 N–H and O–H groups in total. The van der Waals surface area contributed by atoms with Crippen molar-refractivity contribution >= 4 is 27.4 Å². The highest BCUT2D eigenvalue weighted by Crippen LogP contribution is 2.22. The zero-order valence-electron chi connectivity index (χ0n) is 10.9. The van der Waals surface area contributed by atoms with Gasteiger partial charge < -0.3 is 5.73 Å². The van der Waals surface area contributed by atoms with Crippen LogP contribution in [0.15, 0.2) is 45.0 Å². The molecule has 1 aromatic carbocycles. The molecule has 19 heavy (non-hydrogen) atoms. The third-order valence-corrected chi connectivity index (χ3v) is 3.76. The van der Waals surface area contributed by atoms with E-state index in [1.165, 1.54) is 0 Å². The van der Waals surface area contributed by atoms with Gasteiger partial charge in [0.05, 0.1) is 11.3 Å². The molecular formula is C15H17BrN2O. The van der Waals surface area contributed by atoms with Gasteiger partial charge in [-0.1, -0.05) is 28.1 Å². The number of Topliss-reactive ketones (excluding diaryl/α,β-unsaturated/α-hetero) is 1. The number of halogens is 1. The monoisotopic (exact) mass is 320 g/mol. The van der Waals surface area contributed by atoms with Gasteiger partial charge >= 0.3 is 0 Å². The molecule has 4 heteroatoms. The van der Waals surface area contributed by atoms with Gasteiger partial charge in [0.15, 0.2) is 5.78 Å². The van der Waals surface area contributed by atoms with Crippen LogP contribution in [0, 0.1) is 0 Å². The number of carbonyl (C=O) groups is 1. The van der Waals surface area contributed by atoms with Gasteiger partial charge in [0, 0.05) is 30.1 Å². The highest BCUT2D eigenvalue weighted by Gasteiger charge is 2.23. The van der Waals surface area contributed by atoms with Crippen molar-refractivity contribution in [2.45, 2.75) is 25.7 Å². The Morgan fingerprint density at radius 3 is 2.84 bits per heavy atom. The number of allylic oxidation sites excluding steroid dienone is 2. The van der Waals surface area contributed by atoms with Gasteiger partial charge in [-0.15, -0.1) is 0 Å². The van der Waals surface area contributed by atoms with Crippen molar-refractivity contribution in [2.24, 2.45) is 10.7 Å². The number of nitrogens with zero attached hydrogens (tertiary/aromatic N) is 1. The van der Waals surface area contributed by atoms with Crippen LogP contribution in [-0.2, 0) is 11.2 Å². The zero-order chi connectivity index (χ0) is 13.8. The van der Waals surface area contributed by atoms with E-state index in [4.69, 9.17) is 5.73 Å². The van der Waals surface area contributed by atoms with Gasteiger partial charge in [-0.3, -0.25) is 9.79 Å². The summed E-state index contributed by atoms with van der Waals surface area (Å²) in [5.41, 5.74) is 9.24. The Morgan fingerprint density at radius 1 is 1.42 bits per heavy atom. The standard InChI is InChI=1S/C15H17BrN2O/c1-18-13(9-10-4-2-5-11(16)8-10)15-12(17)6-3-7-14(15)19/h2,4-5,8H,3,6-7,9,17H2,1H3. The maximum Gasteiger partial charge on any atom is 0.166 e. The topological polar surface area (TPSA) is 55.4 Å². The summed E-state index contributed by atoms with van der Waals surface area (Å²) >= 11 is 3.45. The largest absolute Gasteiger partial charge is 0.401 e. The van der Waals surface area contributed by atoms with Crippen molar-refractivity contribution in [1.82, 2.24) is 0 Å². The fraction of sp³-hybridized carbons (Fsp3) is 0.333. The lowest BCUT2D eigenvalue weighted by Gasteiger charge is -2.18. The third-order valence-electron chi connectivity index (χ3n) is 3.27. The fourth-order valence-corrected chi connectivity index (χ4v) is 2.78. The SMILES string of the molecule is CN=C(Cc1cccc(Br)c1)C1=C(N)CCCC1=O. The van der Waals surface area contributed by atoms with Crippen molar-refractivity contribution in [1.29, 1.82) is 0 Å². The molecule has 1 aliphatic rings. The van der Waals surface area contributed by atoms with Crippen LogP contribution in [0.25, 0.3) is 0 Å². The second-order valence-electron chi connectivity index (χ2n) is 4.65. The lowest BCUT2D eigenvalue weighted by Crippen LogP contribution is -2.24. The highest BCUT2D eigenvalue weighted by atomic mass is 79.9. The molecule has 3 nitrogen and oxygen atoms in total. The number of hydrogen-bond donors (Lipinski definition) is 1. The normalized spacial score (nSPS) is 16.9. The molecular weight excluding hydrogens is 304 g/mol. The summed E-state index contributed by atoms with van der Waals surface area (Å²) in [6.45, 7) is 0. The summed E-state index contributed by atoms with van der Waals surface area (Å²) in [7, 11) is 1.72. The smallest absolute Gasteiger partial charge is 0.166 e. The average Bonchev–Trinajstić information content (AvgIpc) is 2.37. The Kier molecular flexibility index (Phi) is 4.53. The second-order valence-corrected chi connectivity index (χ2v) is 5.57. The van der Waals surface area contributed by atoms with Crippen molar-refractivity contribution < 1.29 is 4.79 Å². The summed E-state index contributed by atoms with van der Waals surface area (Å²) in [4.78, 5) is 16.3. The van der Waals surface area contributed by atoms with Gasteiger partial charge in [-0.2, -0.15) is 0 Å². The van der Waals surface area contributed by atoms with Gasteiger partial charge in [-0.05, 0) is 30.5 Å². The third kappa shape index (κ3) is 3.32. The molecule has 0 unspecified atom stereocenters. The number of benzene rings is 1. The van der Waals surface area contributed by atoms with Crippen LogP contribution in [0.1, 0.15) is 24.8 Å². The first-order valence-corrected chi connectivity index (χ1v) is 7.13. The lowest BCUT2D eigenvalue weighted by molar-refractivity contribution is -0.115. The molecule has 0 bridgehead atoms. The summed E-state index contributed by atoms with van der Waals surface area (Å²) in [5, 5.41) is 0. The Balaban J connectivity index is 2.29. The number of hydrogen-bond acceptors (Lipinski definition) is 3. The van der Waals surface area contributed by atoms with Gasteiger partial charge in [0.1, 0.15) is 0 Å². The fourth-order valence-electron chi connectivity index (χ4n) is 2.33. The molecule has 0 saturated heterocycles. The first-order chi connectivity index (χ1) is 9.11. The van der Waals surface area contributed by atoms with Gasteiger partial charge in [-0.25, -0.2) is 0 Å².